The zero-order valence-corrected chi connectivity index (χ0v) is 16.2. The molecule has 0 fully saturated rings. The first-order valence-electron chi connectivity index (χ1n) is 9.23. The van der Waals surface area contributed by atoms with E-state index in [2.05, 4.69) is 9.97 Å². The van der Waals surface area contributed by atoms with Crippen molar-refractivity contribution in [1.29, 1.82) is 0 Å². The van der Waals surface area contributed by atoms with Gasteiger partial charge in [-0.1, -0.05) is 0 Å². The summed E-state index contributed by atoms with van der Waals surface area (Å²) in [4.78, 5) is 47.0. The Labute approximate surface area is 171 Å². The molecule has 0 bridgehead atoms. The smallest absolute Gasteiger partial charge is 0.332 e. The number of Topliss-reactive ketones (excluding diaryl/α,β-unsaturated/α-hetero) is 1. The molecule has 0 unspecified atom stereocenters. The number of pyridine rings is 2. The predicted molar refractivity (Wildman–Crippen MR) is 111 cm³/mol. The minimum atomic E-state index is -0.570. The molecule has 0 saturated heterocycles. The second-order valence-electron chi connectivity index (χ2n) is 6.64. The molecule has 0 radical (unpaired) electrons. The first-order valence-corrected chi connectivity index (χ1v) is 9.23. The number of benzene rings is 1. The molecule has 1 aromatic carbocycles. The molecule has 4 aromatic rings. The summed E-state index contributed by atoms with van der Waals surface area (Å²) in [5.74, 6) is 0.364. The summed E-state index contributed by atoms with van der Waals surface area (Å²) in [6, 6.07) is 13.3. The molecule has 8 nitrogen and oxygen atoms in total. The van der Waals surface area contributed by atoms with Crippen molar-refractivity contribution in [3.05, 3.63) is 99.1 Å². The lowest BCUT2D eigenvalue weighted by molar-refractivity contribution is 0.0971. The van der Waals surface area contributed by atoms with Crippen molar-refractivity contribution in [2.75, 3.05) is 7.11 Å². The highest BCUT2D eigenvalue weighted by molar-refractivity contribution is 5.96. The zero-order chi connectivity index (χ0) is 21.1. The summed E-state index contributed by atoms with van der Waals surface area (Å²) < 4.78 is 7.49. The van der Waals surface area contributed by atoms with Gasteiger partial charge >= 0.3 is 5.69 Å². The molecule has 0 saturated carbocycles. The zero-order valence-electron chi connectivity index (χ0n) is 16.2. The Morgan fingerprint density at radius 1 is 0.967 bits per heavy atom. The van der Waals surface area contributed by atoms with Crippen molar-refractivity contribution >= 4 is 16.8 Å². The molecule has 0 aliphatic rings. The van der Waals surface area contributed by atoms with Crippen molar-refractivity contribution in [2.45, 2.75) is 13.1 Å². The van der Waals surface area contributed by atoms with E-state index in [0.717, 1.165) is 10.1 Å². The highest BCUT2D eigenvalue weighted by Gasteiger charge is 2.17. The van der Waals surface area contributed by atoms with Crippen LogP contribution >= 0.6 is 0 Å². The fourth-order valence-corrected chi connectivity index (χ4v) is 3.22. The number of hydrogen-bond acceptors (Lipinski definition) is 6. The van der Waals surface area contributed by atoms with Gasteiger partial charge in [-0.25, -0.2) is 9.78 Å². The molecule has 150 valence electrons. The maximum atomic E-state index is 13.2. The Balaban J connectivity index is 1.81. The first-order chi connectivity index (χ1) is 14.6. The van der Waals surface area contributed by atoms with Crippen LogP contribution in [0.5, 0.6) is 5.75 Å². The Bertz CT molecular complexity index is 1330. The number of fused-ring (bicyclic) bond motifs is 1. The second kappa shape index (κ2) is 8.12. The number of hydrogen-bond donors (Lipinski definition) is 0. The highest BCUT2D eigenvalue weighted by Crippen LogP contribution is 2.13. The van der Waals surface area contributed by atoms with E-state index >= 15 is 0 Å². The third kappa shape index (κ3) is 3.62. The average Bonchev–Trinajstić information content (AvgIpc) is 2.80. The standard InChI is InChI=1S/C22H18N4O4/c1-30-17-6-4-16(5-7-17)19(27)14-25-18-3-2-10-24-20(18)21(28)26(22(25)29)13-15-8-11-23-12-9-15/h2-12H,13-14H2,1H3. The fraction of sp³-hybridized carbons (Fsp3) is 0.136. The van der Waals surface area contributed by atoms with Crippen LogP contribution in [-0.4, -0.2) is 32.0 Å². The largest absolute Gasteiger partial charge is 0.497 e. The van der Waals surface area contributed by atoms with Crippen LogP contribution in [0, 0.1) is 0 Å². The number of carbonyl (C=O) groups excluding carboxylic acids is 1. The third-order valence-corrected chi connectivity index (χ3v) is 4.79. The summed E-state index contributed by atoms with van der Waals surface area (Å²) in [7, 11) is 1.54. The van der Waals surface area contributed by atoms with Crippen LogP contribution in [0.15, 0.2) is 76.7 Å². The quantitative estimate of drug-likeness (QED) is 0.457. The molecule has 3 heterocycles. The predicted octanol–water partition coefficient (Wildman–Crippen LogP) is 1.89. The molecule has 0 aliphatic carbocycles. The normalized spacial score (nSPS) is 10.8. The molecular formula is C22H18N4O4. The Morgan fingerprint density at radius 3 is 2.40 bits per heavy atom. The van der Waals surface area contributed by atoms with E-state index in [4.69, 9.17) is 4.74 Å². The van der Waals surface area contributed by atoms with Crippen LogP contribution in [0.25, 0.3) is 11.0 Å². The number of rotatable bonds is 6. The van der Waals surface area contributed by atoms with Gasteiger partial charge in [0, 0.05) is 24.2 Å². The molecule has 30 heavy (non-hydrogen) atoms. The number of nitrogens with zero attached hydrogens (tertiary/aromatic N) is 4. The first kappa shape index (κ1) is 19.3. The molecule has 0 amide bonds. The van der Waals surface area contributed by atoms with E-state index < -0.39 is 11.2 Å². The van der Waals surface area contributed by atoms with Crippen LogP contribution in [0.2, 0.25) is 0 Å². The van der Waals surface area contributed by atoms with Crippen LogP contribution in [0.4, 0.5) is 0 Å². The third-order valence-electron chi connectivity index (χ3n) is 4.79. The van der Waals surface area contributed by atoms with Crippen LogP contribution in [-0.2, 0) is 13.1 Å². The highest BCUT2D eigenvalue weighted by atomic mass is 16.5. The van der Waals surface area contributed by atoms with E-state index in [1.165, 1.54) is 10.8 Å². The molecule has 8 heteroatoms. The van der Waals surface area contributed by atoms with E-state index in [9.17, 15) is 14.4 Å². The van der Waals surface area contributed by atoms with Gasteiger partial charge in [-0.2, -0.15) is 0 Å². The Morgan fingerprint density at radius 2 is 1.70 bits per heavy atom. The number of carbonyl (C=O) groups is 1. The van der Waals surface area contributed by atoms with Crippen molar-refractivity contribution < 1.29 is 9.53 Å². The van der Waals surface area contributed by atoms with Gasteiger partial charge in [0.15, 0.2) is 11.3 Å². The van der Waals surface area contributed by atoms with Crippen molar-refractivity contribution in [2.24, 2.45) is 0 Å². The Hall–Kier alpha value is -4.07. The molecule has 0 N–H and O–H groups in total. The van der Waals surface area contributed by atoms with Gasteiger partial charge in [-0.3, -0.25) is 23.7 Å². The second-order valence-corrected chi connectivity index (χ2v) is 6.64. The van der Waals surface area contributed by atoms with Gasteiger partial charge < -0.3 is 4.74 Å². The summed E-state index contributed by atoms with van der Waals surface area (Å²) in [6.45, 7) is -0.159. The monoisotopic (exact) mass is 402 g/mol. The molecule has 4 rings (SSSR count). The van der Waals surface area contributed by atoms with Crippen LogP contribution in [0.1, 0.15) is 15.9 Å². The maximum absolute atomic E-state index is 13.2. The molecular weight excluding hydrogens is 384 g/mol. The molecule has 0 spiro atoms. The molecule has 3 aromatic heterocycles. The van der Waals surface area contributed by atoms with Crippen molar-refractivity contribution in [3.63, 3.8) is 0 Å². The lowest BCUT2D eigenvalue weighted by Gasteiger charge is -2.13. The minimum absolute atomic E-state index is 0.0590. The van der Waals surface area contributed by atoms with Crippen molar-refractivity contribution in [1.82, 2.24) is 19.1 Å². The number of methoxy groups -OCH3 is 1. The summed E-state index contributed by atoms with van der Waals surface area (Å²) >= 11 is 0. The van der Waals surface area contributed by atoms with Crippen LogP contribution in [0.3, 0.4) is 0 Å². The van der Waals surface area contributed by atoms with Gasteiger partial charge in [0.2, 0.25) is 0 Å². The fourth-order valence-electron chi connectivity index (χ4n) is 3.22. The van der Waals surface area contributed by atoms with E-state index in [0.29, 0.717) is 16.8 Å². The maximum Gasteiger partial charge on any atom is 0.332 e. The summed E-state index contributed by atoms with van der Waals surface area (Å²) in [5, 5.41) is 0. The average molecular weight is 402 g/mol. The lowest BCUT2D eigenvalue weighted by Crippen LogP contribution is -2.41. The Kier molecular flexibility index (Phi) is 5.21. The van der Waals surface area contributed by atoms with E-state index in [1.807, 2.05) is 0 Å². The van der Waals surface area contributed by atoms with Gasteiger partial charge in [-0.15, -0.1) is 0 Å². The topological polar surface area (TPSA) is 96.1 Å². The molecule has 0 atom stereocenters. The van der Waals surface area contributed by atoms with Gasteiger partial charge in [0.25, 0.3) is 5.56 Å². The number of ether oxygens (including phenoxy) is 1. The summed E-state index contributed by atoms with van der Waals surface area (Å²) in [6.07, 6.45) is 4.66. The van der Waals surface area contributed by atoms with Crippen molar-refractivity contribution in [3.8, 4) is 5.75 Å². The van der Waals surface area contributed by atoms with Crippen LogP contribution < -0.4 is 16.0 Å². The molecule has 0 aliphatic heterocycles. The minimum Gasteiger partial charge on any atom is -0.497 e. The SMILES string of the molecule is COc1ccc(C(=O)Cn2c(=O)n(Cc3ccncc3)c(=O)c3ncccc32)cc1. The van der Waals surface area contributed by atoms with Gasteiger partial charge in [-0.05, 0) is 54.1 Å². The van der Waals surface area contributed by atoms with E-state index in [-0.39, 0.29) is 24.4 Å². The number of ketones is 1. The summed E-state index contributed by atoms with van der Waals surface area (Å²) in [5.41, 5.74) is 0.563. The lowest BCUT2D eigenvalue weighted by atomic mass is 10.1. The van der Waals surface area contributed by atoms with Gasteiger partial charge in [0.05, 0.1) is 25.7 Å². The van der Waals surface area contributed by atoms with Gasteiger partial charge in [0.1, 0.15) is 5.75 Å². The van der Waals surface area contributed by atoms with E-state index in [1.54, 1.807) is 68.0 Å². The number of aromatic nitrogens is 4.